The highest BCUT2D eigenvalue weighted by Gasteiger charge is 2.21. The molecule has 0 atom stereocenters. The van der Waals surface area contributed by atoms with Gasteiger partial charge in [0, 0.05) is 31.9 Å². The molecule has 2 aromatic rings. The summed E-state index contributed by atoms with van der Waals surface area (Å²) in [7, 11) is -0.321. The Kier molecular flexibility index (Phi) is 4.82. The highest BCUT2D eigenvalue weighted by atomic mass is 35.5. The minimum Gasteiger partial charge on any atom is -0.373 e. The number of hydrogen-bond donors (Lipinski definition) is 1. The van der Waals surface area contributed by atoms with Gasteiger partial charge in [-0.1, -0.05) is 23.7 Å². The van der Waals surface area contributed by atoms with Gasteiger partial charge in [-0.15, -0.1) is 0 Å². The molecule has 1 aromatic heterocycles. The third-order valence-corrected chi connectivity index (χ3v) is 5.02. The molecule has 1 N–H and O–H groups in total. The Balaban J connectivity index is 2.21. The Labute approximate surface area is 129 Å². The average Bonchev–Trinajstić information content (AvgIpc) is 2.47. The summed E-state index contributed by atoms with van der Waals surface area (Å²) in [4.78, 5) is 4.19. The van der Waals surface area contributed by atoms with Gasteiger partial charge in [0.25, 0.3) is 0 Å². The van der Waals surface area contributed by atoms with Crippen LogP contribution in [0.25, 0.3) is 0 Å². The van der Waals surface area contributed by atoms with E-state index in [1.165, 1.54) is 23.6 Å². The molecule has 7 heteroatoms. The van der Waals surface area contributed by atoms with E-state index in [4.69, 9.17) is 11.6 Å². The van der Waals surface area contributed by atoms with Gasteiger partial charge < -0.3 is 5.32 Å². The predicted molar refractivity (Wildman–Crippen MR) is 83.9 cm³/mol. The van der Waals surface area contributed by atoms with Crippen LogP contribution in [-0.2, 0) is 16.6 Å². The highest BCUT2D eigenvalue weighted by molar-refractivity contribution is 7.89. The molecule has 0 aliphatic carbocycles. The molecule has 0 aliphatic heterocycles. The lowest BCUT2D eigenvalue weighted by atomic mass is 10.2. The summed E-state index contributed by atoms with van der Waals surface area (Å²) in [5.74, 6) is 0.617. The largest absolute Gasteiger partial charge is 0.373 e. The van der Waals surface area contributed by atoms with E-state index in [9.17, 15) is 8.42 Å². The van der Waals surface area contributed by atoms with Gasteiger partial charge in [-0.2, -0.15) is 4.31 Å². The lowest BCUT2D eigenvalue weighted by Crippen LogP contribution is -2.26. The van der Waals surface area contributed by atoms with Crippen LogP contribution < -0.4 is 5.32 Å². The smallest absolute Gasteiger partial charge is 0.244 e. The highest BCUT2D eigenvalue weighted by Crippen LogP contribution is 2.18. The van der Waals surface area contributed by atoms with Crippen LogP contribution in [0, 0.1) is 0 Å². The van der Waals surface area contributed by atoms with Crippen molar-refractivity contribution >= 4 is 27.4 Å². The van der Waals surface area contributed by atoms with Crippen LogP contribution in [0.2, 0.25) is 5.02 Å². The quantitative estimate of drug-likeness (QED) is 0.918. The van der Waals surface area contributed by atoms with Crippen molar-refractivity contribution in [2.75, 3.05) is 19.4 Å². The molecule has 0 radical (unpaired) electrons. The zero-order valence-corrected chi connectivity index (χ0v) is 13.3. The van der Waals surface area contributed by atoms with Gasteiger partial charge in [-0.3, -0.25) is 0 Å². The molecular weight excluding hydrogens is 310 g/mol. The molecule has 0 saturated heterocycles. The summed E-state index contributed by atoms with van der Waals surface area (Å²) < 4.78 is 26.2. The first kappa shape index (κ1) is 15.8. The zero-order chi connectivity index (χ0) is 15.5. The molecule has 0 aliphatic rings. The number of benzene rings is 1. The number of sulfonamides is 1. The van der Waals surface area contributed by atoms with Crippen molar-refractivity contribution in [3.8, 4) is 0 Å². The number of anilines is 1. The number of nitrogens with zero attached hydrogens (tertiary/aromatic N) is 2. The lowest BCUT2D eigenvalue weighted by molar-refractivity contribution is 0.466. The first-order chi connectivity index (χ1) is 9.93. The number of rotatable bonds is 5. The summed E-state index contributed by atoms with van der Waals surface area (Å²) in [5, 5.41) is 3.43. The predicted octanol–water partition coefficient (Wildman–Crippen LogP) is 2.60. The Morgan fingerprint density at radius 3 is 2.62 bits per heavy atom. The number of hydrogen-bond acceptors (Lipinski definition) is 4. The third kappa shape index (κ3) is 3.72. The molecule has 112 valence electrons. The standard InChI is InChI=1S/C14H16ClN3O2S/c1-16-14-7-6-13(9-17-14)21(19,20)18(2)10-11-4-3-5-12(15)8-11/h3-9H,10H2,1-2H3,(H,16,17). The van der Waals surface area contributed by atoms with Crippen LogP contribution in [0.15, 0.2) is 47.5 Å². The van der Waals surface area contributed by atoms with E-state index in [-0.39, 0.29) is 11.4 Å². The van der Waals surface area contributed by atoms with Gasteiger partial charge in [0.15, 0.2) is 0 Å². The van der Waals surface area contributed by atoms with Crippen LogP contribution in [0.3, 0.4) is 0 Å². The normalized spacial score (nSPS) is 11.6. The monoisotopic (exact) mass is 325 g/mol. The summed E-state index contributed by atoms with van der Waals surface area (Å²) in [5.41, 5.74) is 0.827. The van der Waals surface area contributed by atoms with Crippen molar-refractivity contribution in [3.63, 3.8) is 0 Å². The Hall–Kier alpha value is -1.63. The average molecular weight is 326 g/mol. The lowest BCUT2D eigenvalue weighted by Gasteiger charge is -2.17. The molecule has 5 nitrogen and oxygen atoms in total. The first-order valence-corrected chi connectivity index (χ1v) is 8.10. The SMILES string of the molecule is CNc1ccc(S(=O)(=O)N(C)Cc2cccc(Cl)c2)cn1. The molecule has 2 rings (SSSR count). The van der Waals surface area contributed by atoms with Crippen molar-refractivity contribution in [2.24, 2.45) is 0 Å². The molecular formula is C14H16ClN3O2S. The molecule has 21 heavy (non-hydrogen) atoms. The van der Waals surface area contributed by atoms with Crippen LogP contribution in [0.4, 0.5) is 5.82 Å². The van der Waals surface area contributed by atoms with Crippen LogP contribution in [0.1, 0.15) is 5.56 Å². The summed E-state index contributed by atoms with van der Waals surface area (Å²) in [6.07, 6.45) is 1.34. The van der Waals surface area contributed by atoms with Crippen molar-refractivity contribution in [1.82, 2.24) is 9.29 Å². The van der Waals surface area contributed by atoms with E-state index in [0.717, 1.165) is 5.56 Å². The van der Waals surface area contributed by atoms with Gasteiger partial charge in [-0.25, -0.2) is 13.4 Å². The Bertz CT molecular complexity index is 717. The first-order valence-electron chi connectivity index (χ1n) is 6.28. The van der Waals surface area contributed by atoms with E-state index in [2.05, 4.69) is 10.3 Å². The van der Waals surface area contributed by atoms with Gasteiger partial charge in [0.1, 0.15) is 10.7 Å². The second-order valence-electron chi connectivity index (χ2n) is 4.52. The topological polar surface area (TPSA) is 62.3 Å². The maximum absolute atomic E-state index is 12.5. The van der Waals surface area contributed by atoms with Gasteiger partial charge in [0.05, 0.1) is 0 Å². The molecule has 0 saturated carbocycles. The minimum atomic E-state index is -3.58. The van der Waals surface area contributed by atoms with Gasteiger partial charge in [-0.05, 0) is 29.8 Å². The molecule has 0 spiro atoms. The molecule has 1 heterocycles. The van der Waals surface area contributed by atoms with Gasteiger partial charge in [0.2, 0.25) is 10.0 Å². The summed E-state index contributed by atoms with van der Waals surface area (Å²) >= 11 is 5.91. The zero-order valence-electron chi connectivity index (χ0n) is 11.7. The molecule has 0 unspecified atom stereocenters. The van der Waals surface area contributed by atoms with Gasteiger partial charge >= 0.3 is 0 Å². The second-order valence-corrected chi connectivity index (χ2v) is 7.00. The number of nitrogens with one attached hydrogen (secondary N) is 1. The van der Waals surface area contributed by atoms with E-state index < -0.39 is 10.0 Å². The van der Waals surface area contributed by atoms with Crippen molar-refractivity contribution in [3.05, 3.63) is 53.2 Å². The van der Waals surface area contributed by atoms with Crippen LogP contribution in [0.5, 0.6) is 0 Å². The number of pyridine rings is 1. The molecule has 0 amide bonds. The van der Waals surface area contributed by atoms with E-state index in [1.54, 1.807) is 31.3 Å². The van der Waals surface area contributed by atoms with Crippen molar-refractivity contribution in [2.45, 2.75) is 11.4 Å². The van der Waals surface area contributed by atoms with E-state index in [1.807, 2.05) is 6.07 Å². The van der Waals surface area contributed by atoms with Crippen LogP contribution in [-0.4, -0.2) is 31.8 Å². The Morgan fingerprint density at radius 2 is 2.05 bits per heavy atom. The summed E-state index contributed by atoms with van der Waals surface area (Å²) in [6.45, 7) is 0.247. The van der Waals surface area contributed by atoms with Crippen molar-refractivity contribution < 1.29 is 8.42 Å². The second kappa shape index (κ2) is 6.43. The maximum Gasteiger partial charge on any atom is 0.244 e. The van der Waals surface area contributed by atoms with E-state index >= 15 is 0 Å². The fraction of sp³-hybridized carbons (Fsp3) is 0.214. The summed E-state index contributed by atoms with van der Waals surface area (Å²) in [6, 6.07) is 10.3. The van der Waals surface area contributed by atoms with Crippen molar-refractivity contribution in [1.29, 1.82) is 0 Å². The van der Waals surface area contributed by atoms with E-state index in [0.29, 0.717) is 10.8 Å². The number of halogens is 1. The molecule has 0 fully saturated rings. The fourth-order valence-corrected chi connectivity index (χ4v) is 3.16. The molecule has 1 aromatic carbocycles. The fourth-order valence-electron chi connectivity index (χ4n) is 1.84. The molecule has 0 bridgehead atoms. The Morgan fingerprint density at radius 1 is 1.29 bits per heavy atom. The third-order valence-electron chi connectivity index (χ3n) is 2.99. The minimum absolute atomic E-state index is 0.158. The maximum atomic E-state index is 12.5. The van der Waals surface area contributed by atoms with Crippen LogP contribution >= 0.6 is 11.6 Å². The number of aromatic nitrogens is 1.